The van der Waals surface area contributed by atoms with E-state index in [0.29, 0.717) is 31.7 Å². The number of halogens is 1. The van der Waals surface area contributed by atoms with Gasteiger partial charge in [0.2, 0.25) is 0 Å². The lowest BCUT2D eigenvalue weighted by Gasteiger charge is -2.32. The van der Waals surface area contributed by atoms with Gasteiger partial charge in [0.15, 0.2) is 0 Å². The van der Waals surface area contributed by atoms with Crippen LogP contribution in [0.5, 0.6) is 5.75 Å². The second kappa shape index (κ2) is 12.4. The lowest BCUT2D eigenvalue weighted by Crippen LogP contribution is -2.44. The summed E-state index contributed by atoms with van der Waals surface area (Å²) in [5.74, 6) is -1.10. The lowest BCUT2D eigenvalue weighted by atomic mass is 9.90. The second-order valence-corrected chi connectivity index (χ2v) is 9.29. The summed E-state index contributed by atoms with van der Waals surface area (Å²) < 4.78 is 10.9. The molecule has 1 heterocycles. The molecule has 35 heavy (non-hydrogen) atoms. The number of amides is 2. The Balaban J connectivity index is 1.49. The topological polar surface area (TPSA) is 105 Å². The fourth-order valence-electron chi connectivity index (χ4n) is 3.95. The van der Waals surface area contributed by atoms with Gasteiger partial charge in [0.1, 0.15) is 18.4 Å². The molecule has 0 spiro atoms. The number of carbonyl (C=O) groups is 3. The Labute approximate surface area is 210 Å². The van der Waals surface area contributed by atoms with Crippen molar-refractivity contribution in [1.29, 1.82) is 0 Å². The number of piperidine rings is 1. The first-order chi connectivity index (χ1) is 16.7. The predicted molar refractivity (Wildman–Crippen MR) is 132 cm³/mol. The molecule has 1 aliphatic rings. The van der Waals surface area contributed by atoms with Crippen molar-refractivity contribution in [2.24, 2.45) is 5.92 Å². The number of benzene rings is 2. The molecule has 9 heteroatoms. The van der Waals surface area contributed by atoms with Gasteiger partial charge in [-0.1, -0.05) is 41.9 Å². The van der Waals surface area contributed by atoms with Gasteiger partial charge in [-0.25, -0.2) is 9.59 Å². The van der Waals surface area contributed by atoms with E-state index in [4.69, 9.17) is 21.1 Å². The average Bonchev–Trinajstić information content (AvgIpc) is 2.84. The van der Waals surface area contributed by atoms with Crippen LogP contribution in [0.4, 0.5) is 4.79 Å². The molecular formula is C26H31ClN2O6. The van der Waals surface area contributed by atoms with Crippen molar-refractivity contribution in [3.05, 3.63) is 64.7 Å². The van der Waals surface area contributed by atoms with Gasteiger partial charge in [-0.15, -0.1) is 0 Å². The van der Waals surface area contributed by atoms with Crippen molar-refractivity contribution >= 4 is 29.6 Å². The minimum Gasteiger partial charge on any atom is -0.489 e. The number of carboxylic acid groups (broad SMARTS) is 1. The maximum Gasteiger partial charge on any atom is 0.410 e. The van der Waals surface area contributed by atoms with Gasteiger partial charge in [-0.3, -0.25) is 4.79 Å². The Morgan fingerprint density at radius 3 is 2.40 bits per heavy atom. The van der Waals surface area contributed by atoms with Gasteiger partial charge in [0.25, 0.3) is 5.91 Å². The molecule has 0 radical (unpaired) electrons. The molecular weight excluding hydrogens is 472 g/mol. The number of carbonyl (C=O) groups excluding carboxylic acids is 2. The summed E-state index contributed by atoms with van der Waals surface area (Å²) in [6.07, 6.45) is 1.09. The molecule has 2 aromatic carbocycles. The molecule has 1 saturated heterocycles. The molecule has 2 N–H and O–H groups in total. The van der Waals surface area contributed by atoms with Gasteiger partial charge >= 0.3 is 12.1 Å². The van der Waals surface area contributed by atoms with E-state index in [1.165, 1.54) is 6.07 Å². The van der Waals surface area contributed by atoms with Crippen LogP contribution in [0.15, 0.2) is 48.5 Å². The largest absolute Gasteiger partial charge is 0.489 e. The molecule has 2 aromatic rings. The number of ether oxygens (including phenoxy) is 2. The molecule has 1 fully saturated rings. The zero-order valence-corrected chi connectivity index (χ0v) is 20.7. The molecule has 1 aliphatic heterocycles. The van der Waals surface area contributed by atoms with Gasteiger partial charge in [-0.05, 0) is 62.8 Å². The summed E-state index contributed by atoms with van der Waals surface area (Å²) >= 11 is 6.20. The van der Waals surface area contributed by atoms with Gasteiger partial charge < -0.3 is 24.8 Å². The number of aliphatic carboxylic acids is 1. The van der Waals surface area contributed by atoms with Crippen LogP contribution in [0, 0.1) is 5.92 Å². The monoisotopic (exact) mass is 502 g/mol. The van der Waals surface area contributed by atoms with Crippen LogP contribution >= 0.6 is 11.6 Å². The molecule has 0 bridgehead atoms. The van der Waals surface area contributed by atoms with Crippen molar-refractivity contribution in [2.45, 2.75) is 51.9 Å². The Hall–Kier alpha value is -3.26. The van der Waals surface area contributed by atoms with E-state index >= 15 is 0 Å². The van der Waals surface area contributed by atoms with Crippen molar-refractivity contribution in [3.8, 4) is 5.75 Å². The van der Waals surface area contributed by atoms with Crippen LogP contribution in [-0.4, -0.2) is 53.2 Å². The van der Waals surface area contributed by atoms with Gasteiger partial charge in [0.05, 0.1) is 11.1 Å². The van der Waals surface area contributed by atoms with Crippen LogP contribution < -0.4 is 10.1 Å². The fraction of sp³-hybridized carbons (Fsp3) is 0.423. The van der Waals surface area contributed by atoms with Gasteiger partial charge in [0, 0.05) is 18.7 Å². The van der Waals surface area contributed by atoms with E-state index in [9.17, 15) is 19.5 Å². The van der Waals surface area contributed by atoms with Crippen molar-refractivity contribution in [3.63, 3.8) is 0 Å². The van der Waals surface area contributed by atoms with Crippen molar-refractivity contribution in [2.75, 3.05) is 13.1 Å². The fourth-order valence-corrected chi connectivity index (χ4v) is 4.17. The maximum absolute atomic E-state index is 12.7. The third kappa shape index (κ3) is 7.89. The molecule has 0 aliphatic carbocycles. The summed E-state index contributed by atoms with van der Waals surface area (Å²) in [5.41, 5.74) is 1.17. The number of rotatable bonds is 9. The summed E-state index contributed by atoms with van der Waals surface area (Å²) in [6, 6.07) is 13.0. The third-order valence-corrected chi connectivity index (χ3v) is 6.10. The summed E-state index contributed by atoms with van der Waals surface area (Å²) in [5, 5.41) is 12.5. The first-order valence-corrected chi connectivity index (χ1v) is 12.1. The summed E-state index contributed by atoms with van der Waals surface area (Å²) in [4.78, 5) is 38.5. The number of nitrogens with zero attached hydrogens (tertiary/aromatic N) is 1. The third-order valence-electron chi connectivity index (χ3n) is 5.81. The lowest BCUT2D eigenvalue weighted by molar-refractivity contribution is -0.139. The number of hydrogen-bond donors (Lipinski definition) is 2. The molecule has 188 valence electrons. The first kappa shape index (κ1) is 26.3. The Kier molecular flexibility index (Phi) is 9.37. The highest BCUT2D eigenvalue weighted by Gasteiger charge is 2.29. The van der Waals surface area contributed by atoms with E-state index in [0.717, 1.165) is 5.56 Å². The van der Waals surface area contributed by atoms with Gasteiger partial charge in [-0.2, -0.15) is 0 Å². The van der Waals surface area contributed by atoms with Crippen molar-refractivity contribution < 1.29 is 29.0 Å². The molecule has 0 aromatic heterocycles. The van der Waals surface area contributed by atoms with Crippen LogP contribution in [0.2, 0.25) is 5.02 Å². The predicted octanol–water partition coefficient (Wildman–Crippen LogP) is 4.75. The normalized spacial score (nSPS) is 14.9. The molecule has 8 nitrogen and oxygen atoms in total. The Bertz CT molecular complexity index is 1020. The van der Waals surface area contributed by atoms with Crippen LogP contribution in [0.25, 0.3) is 0 Å². The standard InChI is InChI=1S/C26H31ClN2O6/c1-17(2)35-23-9-8-20(15-21(23)27)24(30)28-22(25(31)32)14-18-10-12-29(13-11-18)26(33)34-16-19-6-4-3-5-7-19/h3-9,15,17-18,22H,10-14,16H2,1-2H3,(H,28,30)(H,31,32)/t22-/m0/s1. The Morgan fingerprint density at radius 1 is 1.11 bits per heavy atom. The van der Waals surface area contributed by atoms with E-state index in [1.807, 2.05) is 44.2 Å². The SMILES string of the molecule is CC(C)Oc1ccc(C(=O)N[C@@H](CC2CCN(C(=O)OCc3ccccc3)CC2)C(=O)O)cc1Cl. The average molecular weight is 503 g/mol. The molecule has 1 atom stereocenters. The second-order valence-electron chi connectivity index (χ2n) is 8.88. The van der Waals surface area contributed by atoms with E-state index in [-0.39, 0.29) is 41.7 Å². The molecule has 0 unspecified atom stereocenters. The highest BCUT2D eigenvalue weighted by Crippen LogP contribution is 2.27. The number of likely N-dealkylation sites (tertiary alicyclic amines) is 1. The van der Waals surface area contributed by atoms with E-state index in [2.05, 4.69) is 5.32 Å². The molecule has 0 saturated carbocycles. The summed E-state index contributed by atoms with van der Waals surface area (Å²) in [6.45, 7) is 4.90. The highest BCUT2D eigenvalue weighted by atomic mass is 35.5. The summed E-state index contributed by atoms with van der Waals surface area (Å²) in [7, 11) is 0. The van der Waals surface area contributed by atoms with E-state index in [1.54, 1.807) is 17.0 Å². The van der Waals surface area contributed by atoms with Crippen LogP contribution in [0.3, 0.4) is 0 Å². The number of nitrogens with one attached hydrogen (secondary N) is 1. The quantitative estimate of drug-likeness (QED) is 0.512. The number of hydrogen-bond acceptors (Lipinski definition) is 5. The minimum absolute atomic E-state index is 0.0555. The maximum atomic E-state index is 12.7. The minimum atomic E-state index is -1.10. The Morgan fingerprint density at radius 2 is 1.80 bits per heavy atom. The zero-order chi connectivity index (χ0) is 25.4. The van der Waals surface area contributed by atoms with Crippen LogP contribution in [0.1, 0.15) is 49.0 Å². The molecule has 2 amide bonds. The highest BCUT2D eigenvalue weighted by molar-refractivity contribution is 6.32. The molecule has 3 rings (SSSR count). The smallest absolute Gasteiger partial charge is 0.410 e. The van der Waals surface area contributed by atoms with Crippen LogP contribution in [-0.2, 0) is 16.1 Å². The van der Waals surface area contributed by atoms with Crippen molar-refractivity contribution in [1.82, 2.24) is 10.2 Å². The first-order valence-electron chi connectivity index (χ1n) is 11.7. The number of carboxylic acids is 1. The van der Waals surface area contributed by atoms with E-state index < -0.39 is 17.9 Å². The zero-order valence-electron chi connectivity index (χ0n) is 19.9.